The van der Waals surface area contributed by atoms with E-state index in [1.807, 2.05) is 6.92 Å². The average Bonchev–Trinajstić information content (AvgIpc) is 3.39. The van der Waals surface area contributed by atoms with Gasteiger partial charge in [-0.2, -0.15) is 4.98 Å². The summed E-state index contributed by atoms with van der Waals surface area (Å²) in [7, 11) is 0. The fourth-order valence-corrected chi connectivity index (χ4v) is 3.94. The molecule has 0 aliphatic heterocycles. The SMILES string of the molecule is CC(=O)NC1(COc2ccc3c(C(N)=O)c(N)n(-c4c(C)ccc(O)c4C)c3n2)CC1. The number of aromatic hydroxyl groups is 1. The lowest BCUT2D eigenvalue weighted by molar-refractivity contribution is -0.120. The molecule has 1 aliphatic carbocycles. The minimum atomic E-state index is -0.672. The molecule has 2 amide bonds. The second kappa shape index (κ2) is 7.19. The van der Waals surface area contributed by atoms with Crippen LogP contribution in [0.2, 0.25) is 0 Å². The molecular weight excluding hydrogens is 398 g/mol. The van der Waals surface area contributed by atoms with Crippen molar-refractivity contribution in [3.63, 3.8) is 0 Å². The molecule has 2 heterocycles. The first-order valence-corrected chi connectivity index (χ1v) is 9.95. The van der Waals surface area contributed by atoms with Gasteiger partial charge in [0.25, 0.3) is 5.91 Å². The number of nitrogens with two attached hydrogens (primary N) is 2. The molecule has 9 nitrogen and oxygen atoms in total. The Morgan fingerprint density at radius 2 is 1.97 bits per heavy atom. The molecule has 1 fully saturated rings. The van der Waals surface area contributed by atoms with Crippen molar-refractivity contribution >= 4 is 28.7 Å². The number of phenolic OH excluding ortho intramolecular Hbond substituents is 1. The molecule has 0 atom stereocenters. The first-order valence-electron chi connectivity index (χ1n) is 9.95. The number of phenols is 1. The summed E-state index contributed by atoms with van der Waals surface area (Å²) >= 11 is 0. The first-order chi connectivity index (χ1) is 14.6. The third kappa shape index (κ3) is 3.52. The Morgan fingerprint density at radius 3 is 2.58 bits per heavy atom. The quantitative estimate of drug-likeness (QED) is 0.477. The van der Waals surface area contributed by atoms with Crippen LogP contribution in [0.25, 0.3) is 16.7 Å². The van der Waals surface area contributed by atoms with Crippen LogP contribution in [-0.2, 0) is 4.79 Å². The van der Waals surface area contributed by atoms with E-state index in [4.69, 9.17) is 16.2 Å². The summed E-state index contributed by atoms with van der Waals surface area (Å²) in [5, 5.41) is 13.7. The van der Waals surface area contributed by atoms with E-state index in [0.717, 1.165) is 18.4 Å². The lowest BCUT2D eigenvalue weighted by Gasteiger charge is -2.17. The summed E-state index contributed by atoms with van der Waals surface area (Å²) < 4.78 is 7.50. The van der Waals surface area contributed by atoms with Gasteiger partial charge in [-0.3, -0.25) is 14.2 Å². The third-order valence-electron chi connectivity index (χ3n) is 5.69. The Morgan fingerprint density at radius 1 is 1.26 bits per heavy atom. The maximum absolute atomic E-state index is 12.2. The predicted octanol–water partition coefficient (Wildman–Crippen LogP) is 2.08. The van der Waals surface area contributed by atoms with Crippen molar-refractivity contribution in [1.82, 2.24) is 14.9 Å². The highest BCUT2D eigenvalue weighted by Crippen LogP contribution is 2.38. The minimum absolute atomic E-state index is 0.0980. The summed E-state index contributed by atoms with van der Waals surface area (Å²) in [4.78, 5) is 28.2. The van der Waals surface area contributed by atoms with Gasteiger partial charge in [-0.25, -0.2) is 0 Å². The number of anilines is 1. The van der Waals surface area contributed by atoms with Crippen molar-refractivity contribution < 1.29 is 19.4 Å². The van der Waals surface area contributed by atoms with E-state index >= 15 is 0 Å². The van der Waals surface area contributed by atoms with Gasteiger partial charge in [0, 0.05) is 23.9 Å². The molecule has 162 valence electrons. The van der Waals surface area contributed by atoms with Crippen LogP contribution in [0, 0.1) is 13.8 Å². The van der Waals surface area contributed by atoms with Crippen molar-refractivity contribution in [2.75, 3.05) is 12.3 Å². The number of fused-ring (bicyclic) bond motifs is 1. The zero-order chi connectivity index (χ0) is 22.5. The highest BCUT2D eigenvalue weighted by atomic mass is 16.5. The molecule has 1 aromatic carbocycles. The van der Waals surface area contributed by atoms with E-state index in [1.54, 1.807) is 35.8 Å². The number of amides is 2. The van der Waals surface area contributed by atoms with Crippen LogP contribution in [-0.4, -0.2) is 38.6 Å². The van der Waals surface area contributed by atoms with E-state index in [1.165, 1.54) is 6.92 Å². The molecule has 9 heteroatoms. The van der Waals surface area contributed by atoms with Gasteiger partial charge in [0.1, 0.15) is 18.2 Å². The number of hydrogen-bond acceptors (Lipinski definition) is 6. The van der Waals surface area contributed by atoms with Crippen LogP contribution in [0.4, 0.5) is 5.82 Å². The number of carbonyl (C=O) groups is 2. The molecule has 31 heavy (non-hydrogen) atoms. The van der Waals surface area contributed by atoms with Gasteiger partial charge in [-0.15, -0.1) is 0 Å². The Bertz CT molecular complexity index is 1230. The maximum Gasteiger partial charge on any atom is 0.253 e. The molecule has 0 spiro atoms. The number of aromatic nitrogens is 2. The summed E-state index contributed by atoms with van der Waals surface area (Å²) in [6.07, 6.45) is 1.68. The number of nitrogen functional groups attached to an aromatic ring is 1. The van der Waals surface area contributed by atoms with E-state index in [2.05, 4.69) is 10.3 Å². The summed E-state index contributed by atoms with van der Waals surface area (Å²) in [6, 6.07) is 6.70. The number of pyridine rings is 1. The van der Waals surface area contributed by atoms with Crippen molar-refractivity contribution in [1.29, 1.82) is 0 Å². The number of hydrogen-bond donors (Lipinski definition) is 4. The van der Waals surface area contributed by atoms with Crippen molar-refractivity contribution in [2.45, 2.75) is 39.2 Å². The van der Waals surface area contributed by atoms with E-state index in [-0.39, 0.29) is 35.2 Å². The molecule has 4 rings (SSSR count). The molecule has 3 aromatic rings. The second-order valence-corrected chi connectivity index (χ2v) is 8.11. The number of primary amides is 1. The monoisotopic (exact) mass is 423 g/mol. The predicted molar refractivity (Wildman–Crippen MR) is 116 cm³/mol. The number of ether oxygens (including phenoxy) is 1. The largest absolute Gasteiger partial charge is 0.508 e. The van der Waals surface area contributed by atoms with Crippen LogP contribution in [0.15, 0.2) is 24.3 Å². The molecule has 2 aromatic heterocycles. The second-order valence-electron chi connectivity index (χ2n) is 8.11. The summed E-state index contributed by atoms with van der Waals surface area (Å²) in [5.74, 6) is -0.210. The van der Waals surface area contributed by atoms with Crippen molar-refractivity contribution in [3.05, 3.63) is 41.0 Å². The van der Waals surface area contributed by atoms with Gasteiger partial charge in [0.2, 0.25) is 11.8 Å². The Hall–Kier alpha value is -3.75. The topological polar surface area (TPSA) is 145 Å². The number of nitrogens with one attached hydrogen (secondary N) is 1. The maximum atomic E-state index is 12.2. The lowest BCUT2D eigenvalue weighted by Crippen LogP contribution is -2.40. The Kier molecular flexibility index (Phi) is 4.76. The fourth-order valence-electron chi connectivity index (χ4n) is 3.94. The Balaban J connectivity index is 1.83. The molecule has 0 saturated heterocycles. The number of carbonyl (C=O) groups excluding carboxylic acids is 2. The molecule has 0 bridgehead atoms. The smallest absolute Gasteiger partial charge is 0.253 e. The molecule has 0 radical (unpaired) electrons. The molecular formula is C22H25N5O4. The van der Waals surface area contributed by atoms with Gasteiger partial charge < -0.3 is 26.6 Å². The van der Waals surface area contributed by atoms with Gasteiger partial charge in [0.05, 0.1) is 16.8 Å². The molecule has 1 aliphatic rings. The molecule has 0 unspecified atom stereocenters. The van der Waals surface area contributed by atoms with Gasteiger partial charge in [0.15, 0.2) is 5.65 Å². The number of benzene rings is 1. The molecule has 1 saturated carbocycles. The third-order valence-corrected chi connectivity index (χ3v) is 5.69. The van der Waals surface area contributed by atoms with Crippen LogP contribution < -0.4 is 21.5 Å². The lowest BCUT2D eigenvalue weighted by atomic mass is 10.1. The number of rotatable bonds is 6. The highest BCUT2D eigenvalue weighted by Gasteiger charge is 2.44. The van der Waals surface area contributed by atoms with Crippen LogP contribution >= 0.6 is 0 Å². The minimum Gasteiger partial charge on any atom is -0.508 e. The highest BCUT2D eigenvalue weighted by molar-refractivity contribution is 6.11. The zero-order valence-electron chi connectivity index (χ0n) is 17.7. The van der Waals surface area contributed by atoms with Crippen molar-refractivity contribution in [2.24, 2.45) is 5.73 Å². The van der Waals surface area contributed by atoms with Gasteiger partial charge >= 0.3 is 0 Å². The number of nitrogens with zero attached hydrogens (tertiary/aromatic N) is 2. The fraction of sp³-hybridized carbons (Fsp3) is 0.318. The van der Waals surface area contributed by atoms with E-state index in [9.17, 15) is 14.7 Å². The van der Waals surface area contributed by atoms with E-state index < -0.39 is 5.91 Å². The van der Waals surface area contributed by atoms with Crippen LogP contribution in [0.1, 0.15) is 41.3 Å². The normalized spacial score (nSPS) is 14.4. The first kappa shape index (κ1) is 20.5. The summed E-state index contributed by atoms with van der Waals surface area (Å²) in [6.45, 7) is 5.40. The van der Waals surface area contributed by atoms with Gasteiger partial charge in [-0.1, -0.05) is 6.07 Å². The summed E-state index contributed by atoms with van der Waals surface area (Å²) in [5.41, 5.74) is 14.2. The van der Waals surface area contributed by atoms with Crippen molar-refractivity contribution in [3.8, 4) is 17.3 Å². The van der Waals surface area contributed by atoms with Crippen LogP contribution in [0.3, 0.4) is 0 Å². The van der Waals surface area contributed by atoms with Gasteiger partial charge in [-0.05, 0) is 44.4 Å². The standard InChI is InChI=1S/C22H25N5O4/c1-11-4-6-15(29)12(2)18(11)27-19(23)17(20(24)30)14-5-7-16(25-21(14)27)31-10-22(8-9-22)26-13(3)28/h4-7,29H,8-10,23H2,1-3H3,(H2,24,30)(H,26,28). The average molecular weight is 423 g/mol. The zero-order valence-corrected chi connectivity index (χ0v) is 17.7. The van der Waals surface area contributed by atoms with Crippen LogP contribution in [0.5, 0.6) is 11.6 Å². The number of aryl methyl sites for hydroxylation is 1. The molecule has 6 N–H and O–H groups in total. The van der Waals surface area contributed by atoms with E-state index in [0.29, 0.717) is 28.2 Å². The Labute approximate surface area is 179 Å².